The molecule has 1 saturated heterocycles. The molecular weight excluding hydrogens is 298 g/mol. The van der Waals surface area contributed by atoms with Crippen molar-refractivity contribution in [2.24, 2.45) is 0 Å². The van der Waals surface area contributed by atoms with E-state index in [4.69, 9.17) is 0 Å². The van der Waals surface area contributed by atoms with Crippen molar-refractivity contribution in [1.29, 1.82) is 0 Å². The minimum atomic E-state index is -0.410. The zero-order valence-electron chi connectivity index (χ0n) is 14.7. The summed E-state index contributed by atoms with van der Waals surface area (Å²) < 4.78 is 0. The fourth-order valence-electron chi connectivity index (χ4n) is 3.31. The fraction of sp³-hybridized carbons (Fsp3) is 0.450. The van der Waals surface area contributed by atoms with Gasteiger partial charge in [0.2, 0.25) is 0 Å². The van der Waals surface area contributed by atoms with Crippen molar-refractivity contribution in [3.05, 3.63) is 65.0 Å². The number of aromatic nitrogens is 1. The fourth-order valence-corrected chi connectivity index (χ4v) is 3.31. The topological polar surface area (TPSA) is 39.6 Å². The molecule has 1 aliphatic rings. The molecule has 1 aliphatic heterocycles. The van der Waals surface area contributed by atoms with Crippen molar-refractivity contribution in [1.82, 2.24) is 14.8 Å². The summed E-state index contributed by atoms with van der Waals surface area (Å²) in [6.45, 7) is 9.81. The predicted molar refractivity (Wildman–Crippen MR) is 96.8 cm³/mol. The molecule has 4 nitrogen and oxygen atoms in total. The Bertz CT molecular complexity index is 651. The summed E-state index contributed by atoms with van der Waals surface area (Å²) in [6.07, 6.45) is 1.44. The van der Waals surface area contributed by atoms with E-state index in [0.29, 0.717) is 6.54 Å². The molecule has 1 unspecified atom stereocenters. The highest BCUT2D eigenvalue weighted by Crippen LogP contribution is 2.21. The van der Waals surface area contributed by atoms with Crippen molar-refractivity contribution in [2.45, 2.75) is 26.5 Å². The first-order valence-corrected chi connectivity index (χ1v) is 8.71. The van der Waals surface area contributed by atoms with Gasteiger partial charge in [-0.1, -0.05) is 29.8 Å². The van der Waals surface area contributed by atoms with Crippen molar-refractivity contribution in [3.8, 4) is 0 Å². The normalized spacial score (nSPS) is 17.8. The van der Waals surface area contributed by atoms with E-state index in [1.807, 2.05) is 18.3 Å². The molecule has 4 heteroatoms. The Hall–Kier alpha value is -1.75. The third-order valence-electron chi connectivity index (χ3n) is 4.80. The van der Waals surface area contributed by atoms with E-state index in [1.165, 1.54) is 11.1 Å². The molecule has 0 radical (unpaired) electrons. The maximum Gasteiger partial charge on any atom is 0.0919 e. The highest BCUT2D eigenvalue weighted by molar-refractivity contribution is 5.32. The number of rotatable bonds is 5. The second-order valence-corrected chi connectivity index (χ2v) is 6.77. The Labute approximate surface area is 144 Å². The van der Waals surface area contributed by atoms with E-state index in [9.17, 15) is 5.11 Å². The molecule has 1 N–H and O–H groups in total. The number of aryl methyl sites for hydroxylation is 2. The zero-order valence-corrected chi connectivity index (χ0v) is 14.7. The maximum atomic E-state index is 10.6. The molecular formula is C20H27N3O. The van der Waals surface area contributed by atoms with E-state index >= 15 is 0 Å². The van der Waals surface area contributed by atoms with Crippen LogP contribution in [0.15, 0.2) is 42.6 Å². The number of β-amino-alcohol motifs (C(OH)–C–C–N with tert-alkyl or cyclic N) is 1. The highest BCUT2D eigenvalue weighted by atomic mass is 16.3. The van der Waals surface area contributed by atoms with Gasteiger partial charge in [0.25, 0.3) is 0 Å². The standard InChI is InChI=1S/C20H27N3O/c1-16-6-7-17(2)19(13-16)20(24)15-23-11-9-22(10-12-23)14-18-5-3-4-8-21-18/h3-8,13,20,24H,9-12,14-15H2,1-2H3. The first kappa shape index (κ1) is 17.1. The van der Waals surface area contributed by atoms with Gasteiger partial charge < -0.3 is 5.11 Å². The highest BCUT2D eigenvalue weighted by Gasteiger charge is 2.21. The summed E-state index contributed by atoms with van der Waals surface area (Å²) in [6, 6.07) is 12.4. The van der Waals surface area contributed by atoms with Gasteiger partial charge in [-0.25, -0.2) is 0 Å². The van der Waals surface area contributed by atoms with Crippen molar-refractivity contribution in [2.75, 3.05) is 32.7 Å². The largest absolute Gasteiger partial charge is 0.387 e. The van der Waals surface area contributed by atoms with Crippen LogP contribution in [0.4, 0.5) is 0 Å². The number of benzene rings is 1. The van der Waals surface area contributed by atoms with Crippen LogP contribution in [0.2, 0.25) is 0 Å². The number of aliphatic hydroxyl groups excluding tert-OH is 1. The van der Waals surface area contributed by atoms with Crippen LogP contribution in [-0.4, -0.2) is 52.6 Å². The summed E-state index contributed by atoms with van der Waals surface area (Å²) in [5.41, 5.74) is 4.56. The van der Waals surface area contributed by atoms with Crippen molar-refractivity contribution >= 4 is 0 Å². The summed E-state index contributed by atoms with van der Waals surface area (Å²) in [5.74, 6) is 0. The Morgan fingerprint density at radius 2 is 1.79 bits per heavy atom. The molecule has 2 heterocycles. The summed E-state index contributed by atoms with van der Waals surface area (Å²) >= 11 is 0. The minimum Gasteiger partial charge on any atom is -0.387 e. The lowest BCUT2D eigenvalue weighted by atomic mass is 10.0. The van der Waals surface area contributed by atoms with Gasteiger partial charge in [0.15, 0.2) is 0 Å². The molecule has 1 aromatic heterocycles. The predicted octanol–water partition coefficient (Wildman–Crippen LogP) is 2.55. The number of nitrogens with zero attached hydrogens (tertiary/aromatic N) is 3. The van der Waals surface area contributed by atoms with Crippen LogP contribution in [0.25, 0.3) is 0 Å². The zero-order chi connectivity index (χ0) is 16.9. The Morgan fingerprint density at radius 1 is 1.04 bits per heavy atom. The van der Waals surface area contributed by atoms with E-state index in [2.05, 4.69) is 52.9 Å². The van der Waals surface area contributed by atoms with Gasteiger partial charge in [-0.2, -0.15) is 0 Å². The van der Waals surface area contributed by atoms with Crippen molar-refractivity contribution < 1.29 is 5.11 Å². The Balaban J connectivity index is 1.51. The second kappa shape index (κ2) is 7.88. The van der Waals surface area contributed by atoms with Crippen LogP contribution < -0.4 is 0 Å². The molecule has 0 amide bonds. The molecule has 1 fully saturated rings. The summed E-state index contributed by atoms with van der Waals surface area (Å²) in [7, 11) is 0. The minimum absolute atomic E-state index is 0.410. The van der Waals surface area contributed by atoms with Gasteiger partial charge in [0.05, 0.1) is 11.8 Å². The Morgan fingerprint density at radius 3 is 2.50 bits per heavy atom. The van der Waals surface area contributed by atoms with E-state index in [-0.39, 0.29) is 0 Å². The monoisotopic (exact) mass is 325 g/mol. The average molecular weight is 325 g/mol. The second-order valence-electron chi connectivity index (χ2n) is 6.77. The molecule has 1 aromatic carbocycles. The van der Waals surface area contributed by atoms with Gasteiger partial charge in [-0.15, -0.1) is 0 Å². The molecule has 128 valence electrons. The van der Waals surface area contributed by atoms with Crippen LogP contribution in [-0.2, 0) is 6.54 Å². The van der Waals surface area contributed by atoms with Gasteiger partial charge in [-0.05, 0) is 37.1 Å². The quantitative estimate of drug-likeness (QED) is 0.917. The van der Waals surface area contributed by atoms with E-state index < -0.39 is 6.10 Å². The van der Waals surface area contributed by atoms with E-state index in [1.54, 1.807) is 0 Å². The van der Waals surface area contributed by atoms with Crippen molar-refractivity contribution in [3.63, 3.8) is 0 Å². The van der Waals surface area contributed by atoms with Gasteiger partial charge in [0, 0.05) is 45.5 Å². The SMILES string of the molecule is Cc1ccc(C)c(C(O)CN2CCN(Cc3ccccn3)CC2)c1. The Kier molecular flexibility index (Phi) is 5.61. The first-order chi connectivity index (χ1) is 11.6. The molecule has 2 aromatic rings. The van der Waals surface area contributed by atoms with E-state index in [0.717, 1.165) is 44.0 Å². The molecule has 0 saturated carbocycles. The van der Waals surface area contributed by atoms with Gasteiger partial charge >= 0.3 is 0 Å². The molecule has 0 spiro atoms. The number of pyridine rings is 1. The summed E-state index contributed by atoms with van der Waals surface area (Å²) in [4.78, 5) is 9.20. The summed E-state index contributed by atoms with van der Waals surface area (Å²) in [5, 5.41) is 10.6. The first-order valence-electron chi connectivity index (χ1n) is 8.71. The van der Waals surface area contributed by atoms with Crippen LogP contribution in [0, 0.1) is 13.8 Å². The third-order valence-corrected chi connectivity index (χ3v) is 4.80. The molecule has 0 aliphatic carbocycles. The molecule has 1 atom stereocenters. The van der Waals surface area contributed by atoms with Crippen LogP contribution in [0.3, 0.4) is 0 Å². The lowest BCUT2D eigenvalue weighted by Crippen LogP contribution is -2.47. The maximum absolute atomic E-state index is 10.6. The molecule has 0 bridgehead atoms. The van der Waals surface area contributed by atoms with Crippen LogP contribution >= 0.6 is 0 Å². The van der Waals surface area contributed by atoms with Gasteiger partial charge in [0.1, 0.15) is 0 Å². The van der Waals surface area contributed by atoms with Gasteiger partial charge in [-0.3, -0.25) is 14.8 Å². The smallest absolute Gasteiger partial charge is 0.0919 e. The molecule has 24 heavy (non-hydrogen) atoms. The number of aliphatic hydroxyl groups is 1. The number of hydrogen-bond donors (Lipinski definition) is 1. The van der Waals surface area contributed by atoms with Crippen LogP contribution in [0.1, 0.15) is 28.5 Å². The number of piperazine rings is 1. The molecule has 3 rings (SSSR count). The lowest BCUT2D eigenvalue weighted by Gasteiger charge is -2.35. The van der Waals surface area contributed by atoms with Crippen LogP contribution in [0.5, 0.6) is 0 Å². The lowest BCUT2D eigenvalue weighted by molar-refractivity contribution is 0.0694. The third kappa shape index (κ3) is 4.41. The average Bonchev–Trinajstić information content (AvgIpc) is 2.59. The number of hydrogen-bond acceptors (Lipinski definition) is 4.